The Morgan fingerprint density at radius 1 is 0.700 bits per heavy atom. The van der Waals surface area contributed by atoms with Crippen LogP contribution in [-0.4, -0.2) is 18.8 Å². The molecular formula is C33H51ClN2O4. The first-order chi connectivity index (χ1) is 17.7. The van der Waals surface area contributed by atoms with E-state index in [0.29, 0.717) is 16.7 Å². The highest BCUT2D eigenvalue weighted by molar-refractivity contribution is 5.85. The Hall–Kier alpha value is -3.06. The number of aryl methyl sites for hydroxylation is 2. The SMILES string of the molecule is C.Cc1ccc(C(C#N)CCC(C)(C)C)cc1.Cc1ccc(C(CN)CCC(C)(C)C)cc1.Cl.O=C=O.O=C=O. The van der Waals surface area contributed by atoms with Crippen molar-refractivity contribution < 1.29 is 19.2 Å². The van der Waals surface area contributed by atoms with Crippen molar-refractivity contribution in [3.8, 4) is 6.07 Å². The molecule has 6 nitrogen and oxygen atoms in total. The van der Waals surface area contributed by atoms with Gasteiger partial charge in [0.15, 0.2) is 0 Å². The van der Waals surface area contributed by atoms with Gasteiger partial charge in [-0.2, -0.15) is 24.4 Å². The van der Waals surface area contributed by atoms with Crippen LogP contribution in [0.25, 0.3) is 0 Å². The van der Waals surface area contributed by atoms with Gasteiger partial charge in [0, 0.05) is 0 Å². The van der Waals surface area contributed by atoms with E-state index in [1.165, 1.54) is 29.5 Å². The summed E-state index contributed by atoms with van der Waals surface area (Å²) in [5.41, 5.74) is 11.7. The lowest BCUT2D eigenvalue weighted by Crippen LogP contribution is -2.15. The molecule has 0 fully saturated rings. The fourth-order valence-corrected chi connectivity index (χ4v) is 3.55. The summed E-state index contributed by atoms with van der Waals surface area (Å²) < 4.78 is 0. The molecule has 2 unspecified atom stereocenters. The molecule has 0 heterocycles. The van der Waals surface area contributed by atoms with Crippen molar-refractivity contribution in [1.29, 1.82) is 5.26 Å². The molecule has 224 valence electrons. The van der Waals surface area contributed by atoms with Crippen molar-refractivity contribution >= 4 is 24.7 Å². The second kappa shape index (κ2) is 23.8. The Labute approximate surface area is 249 Å². The first-order valence-corrected chi connectivity index (χ1v) is 12.9. The number of halogens is 1. The largest absolute Gasteiger partial charge is 0.373 e. The minimum atomic E-state index is 0. The Morgan fingerprint density at radius 2 is 1.02 bits per heavy atom. The van der Waals surface area contributed by atoms with E-state index in [4.69, 9.17) is 24.9 Å². The van der Waals surface area contributed by atoms with Crippen molar-refractivity contribution in [2.75, 3.05) is 6.54 Å². The van der Waals surface area contributed by atoms with Crippen LogP contribution in [0.2, 0.25) is 0 Å². The molecule has 0 aliphatic heterocycles. The Kier molecular flexibility index (Phi) is 26.2. The topological polar surface area (TPSA) is 118 Å². The molecule has 0 saturated carbocycles. The molecule has 0 amide bonds. The molecular weight excluding hydrogens is 524 g/mol. The number of nitrogens with two attached hydrogens (primary N) is 1. The predicted octanol–water partition coefficient (Wildman–Crippen LogP) is 8.18. The van der Waals surface area contributed by atoms with Crippen LogP contribution in [0.4, 0.5) is 0 Å². The number of hydrogen-bond acceptors (Lipinski definition) is 6. The lowest BCUT2D eigenvalue weighted by molar-refractivity contribution is -0.193. The van der Waals surface area contributed by atoms with E-state index in [0.717, 1.165) is 24.9 Å². The van der Waals surface area contributed by atoms with Gasteiger partial charge in [-0.3, -0.25) is 0 Å². The monoisotopic (exact) mass is 574 g/mol. The van der Waals surface area contributed by atoms with Crippen molar-refractivity contribution in [2.24, 2.45) is 16.6 Å². The zero-order valence-corrected chi connectivity index (χ0v) is 25.7. The van der Waals surface area contributed by atoms with Crippen LogP contribution in [0, 0.1) is 36.0 Å². The van der Waals surface area contributed by atoms with Gasteiger partial charge in [-0.25, -0.2) is 0 Å². The lowest BCUT2D eigenvalue weighted by Gasteiger charge is -2.22. The van der Waals surface area contributed by atoms with Crippen molar-refractivity contribution in [3.63, 3.8) is 0 Å². The molecule has 2 aromatic carbocycles. The predicted molar refractivity (Wildman–Crippen MR) is 164 cm³/mol. The van der Waals surface area contributed by atoms with Gasteiger partial charge in [-0.15, -0.1) is 12.4 Å². The van der Waals surface area contributed by atoms with Gasteiger partial charge in [0.1, 0.15) is 0 Å². The number of nitriles is 1. The molecule has 0 radical (unpaired) electrons. The second-order valence-corrected chi connectivity index (χ2v) is 11.8. The molecule has 0 aliphatic carbocycles. The van der Waals surface area contributed by atoms with E-state index in [1.54, 1.807) is 0 Å². The molecule has 2 atom stereocenters. The number of hydrogen-bond donors (Lipinski definition) is 1. The molecule has 2 aromatic rings. The summed E-state index contributed by atoms with van der Waals surface area (Å²) in [7, 11) is 0. The van der Waals surface area contributed by atoms with Crippen LogP contribution in [0.3, 0.4) is 0 Å². The average molecular weight is 575 g/mol. The van der Waals surface area contributed by atoms with E-state index >= 15 is 0 Å². The maximum absolute atomic E-state index is 9.20. The normalized spacial score (nSPS) is 11.2. The Morgan fingerprint density at radius 3 is 1.32 bits per heavy atom. The number of carbonyl (C=O) groups excluding carboxylic acids is 4. The fraction of sp³-hybridized carbons (Fsp3) is 0.545. The van der Waals surface area contributed by atoms with Crippen molar-refractivity contribution in [1.82, 2.24) is 0 Å². The van der Waals surface area contributed by atoms with Crippen LogP contribution >= 0.6 is 12.4 Å². The number of rotatable bonds is 7. The molecule has 7 heteroatoms. The quantitative estimate of drug-likeness (QED) is 0.356. The molecule has 2 rings (SSSR count). The van der Waals surface area contributed by atoms with Crippen LogP contribution in [0.5, 0.6) is 0 Å². The number of nitrogens with zero attached hydrogens (tertiary/aromatic N) is 1. The molecule has 0 saturated heterocycles. The molecule has 0 aliphatic rings. The van der Waals surface area contributed by atoms with Gasteiger partial charge < -0.3 is 5.73 Å². The van der Waals surface area contributed by atoms with Crippen molar-refractivity contribution in [2.45, 2.75) is 100 Å². The first kappa shape index (κ1) is 44.0. The van der Waals surface area contributed by atoms with Gasteiger partial charge in [0.05, 0.1) is 12.0 Å². The highest BCUT2D eigenvalue weighted by atomic mass is 35.5. The van der Waals surface area contributed by atoms with Gasteiger partial charge >= 0.3 is 12.3 Å². The molecule has 2 N–H and O–H groups in total. The second-order valence-electron chi connectivity index (χ2n) is 11.8. The fourth-order valence-electron chi connectivity index (χ4n) is 3.55. The van der Waals surface area contributed by atoms with Gasteiger partial charge in [0.2, 0.25) is 0 Å². The minimum Gasteiger partial charge on any atom is -0.330 e. The third-order valence-corrected chi connectivity index (χ3v) is 5.89. The summed E-state index contributed by atoms with van der Waals surface area (Å²) in [5.74, 6) is 0.555. The third kappa shape index (κ3) is 24.0. The first-order valence-electron chi connectivity index (χ1n) is 12.9. The van der Waals surface area contributed by atoms with Crippen LogP contribution in [0.15, 0.2) is 48.5 Å². The average Bonchev–Trinajstić information content (AvgIpc) is 2.82. The van der Waals surface area contributed by atoms with Crippen LogP contribution in [-0.2, 0) is 19.2 Å². The Balaban J connectivity index is -0.000000259. The number of benzene rings is 2. The van der Waals surface area contributed by atoms with Gasteiger partial charge in [0.25, 0.3) is 0 Å². The summed E-state index contributed by atoms with van der Waals surface area (Å²) in [5, 5.41) is 9.20. The zero-order chi connectivity index (χ0) is 29.8. The van der Waals surface area contributed by atoms with E-state index in [-0.39, 0.29) is 38.1 Å². The van der Waals surface area contributed by atoms with Gasteiger partial charge in [-0.05, 0) is 74.0 Å². The maximum atomic E-state index is 9.20. The zero-order valence-electron chi connectivity index (χ0n) is 24.9. The summed E-state index contributed by atoms with van der Waals surface area (Å²) >= 11 is 0. The highest BCUT2D eigenvalue weighted by Gasteiger charge is 2.17. The van der Waals surface area contributed by atoms with E-state index in [1.807, 2.05) is 0 Å². The summed E-state index contributed by atoms with van der Waals surface area (Å²) in [6.45, 7) is 18.5. The smallest absolute Gasteiger partial charge is 0.330 e. The van der Waals surface area contributed by atoms with Gasteiger partial charge in [-0.1, -0.05) is 109 Å². The highest BCUT2D eigenvalue weighted by Crippen LogP contribution is 2.29. The van der Waals surface area contributed by atoms with E-state index < -0.39 is 0 Å². The van der Waals surface area contributed by atoms with Crippen LogP contribution < -0.4 is 5.73 Å². The molecule has 0 aromatic heterocycles. The lowest BCUT2D eigenvalue weighted by atomic mass is 9.84. The van der Waals surface area contributed by atoms with Crippen molar-refractivity contribution in [3.05, 3.63) is 70.8 Å². The molecule has 0 spiro atoms. The van der Waals surface area contributed by atoms with E-state index in [9.17, 15) is 5.26 Å². The van der Waals surface area contributed by atoms with Crippen LogP contribution in [0.1, 0.15) is 109 Å². The minimum absolute atomic E-state index is 0. The summed E-state index contributed by atoms with van der Waals surface area (Å²) in [4.78, 5) is 32.5. The third-order valence-electron chi connectivity index (χ3n) is 5.89. The molecule has 40 heavy (non-hydrogen) atoms. The molecule has 0 bridgehead atoms. The summed E-state index contributed by atoms with van der Waals surface area (Å²) in [6, 6.07) is 19.5. The summed E-state index contributed by atoms with van der Waals surface area (Å²) in [6.07, 6.45) is 4.94. The van der Waals surface area contributed by atoms with E-state index in [2.05, 4.69) is 110 Å². The standard InChI is InChI=1S/C15H25N.C15H21N.2CO2.CH4.ClH/c2*1-12-5-7-13(8-6-12)14(11-16)9-10-15(2,3)4;2*2-1-3;;/h5-8,14H,9-11,16H2,1-4H3;5-8,14H,9-10H2,1-4H3;;;1H4;1H. The maximum Gasteiger partial charge on any atom is 0.373 e. The Bertz CT molecular complexity index is 991.